The molecule has 0 unspecified atom stereocenters. The SMILES string of the molecule is CN1C=CN(C(=O)c2nc(C(F)(F)F)n3c2CN(C(=O)C[C@@H](Cc2cc(F)c(F)cc2F)NC(=O)OC(C)(C)C)CC3)C=C1. The van der Waals surface area contributed by atoms with Gasteiger partial charge in [0.15, 0.2) is 17.3 Å². The van der Waals surface area contributed by atoms with Gasteiger partial charge in [-0.15, -0.1) is 0 Å². The number of nitrogens with zero attached hydrogens (tertiary/aromatic N) is 5. The summed E-state index contributed by atoms with van der Waals surface area (Å²) in [4.78, 5) is 46.6. The van der Waals surface area contributed by atoms with Gasteiger partial charge >= 0.3 is 12.3 Å². The Morgan fingerprint density at radius 3 is 2.23 bits per heavy atom. The number of halogens is 6. The van der Waals surface area contributed by atoms with Crippen LogP contribution >= 0.6 is 0 Å². The Balaban J connectivity index is 1.59. The van der Waals surface area contributed by atoms with E-state index in [1.165, 1.54) is 29.7 Å². The fourth-order valence-corrected chi connectivity index (χ4v) is 4.65. The van der Waals surface area contributed by atoms with Crippen molar-refractivity contribution in [3.8, 4) is 0 Å². The zero-order valence-electron chi connectivity index (χ0n) is 24.2. The molecule has 0 fully saturated rings. The number of imidazole rings is 1. The quantitative estimate of drug-likeness (QED) is 0.373. The maximum Gasteiger partial charge on any atom is 0.449 e. The van der Waals surface area contributed by atoms with Crippen molar-refractivity contribution in [2.45, 2.75) is 64.5 Å². The van der Waals surface area contributed by atoms with Crippen LogP contribution in [0.25, 0.3) is 0 Å². The van der Waals surface area contributed by atoms with Crippen molar-refractivity contribution in [2.75, 3.05) is 13.6 Å². The van der Waals surface area contributed by atoms with Crippen LogP contribution in [0.15, 0.2) is 36.9 Å². The first-order chi connectivity index (χ1) is 20.4. The Kier molecular flexibility index (Phi) is 9.02. The first-order valence-electron chi connectivity index (χ1n) is 13.4. The molecule has 1 aromatic heterocycles. The molecule has 0 radical (unpaired) electrons. The Labute approximate surface area is 248 Å². The first-order valence-corrected chi connectivity index (χ1v) is 13.4. The average Bonchev–Trinajstić information content (AvgIpc) is 3.30. The predicted octanol–water partition coefficient (Wildman–Crippen LogP) is 4.52. The number of benzene rings is 1. The Bertz CT molecular complexity index is 1500. The third-order valence-corrected chi connectivity index (χ3v) is 6.67. The minimum absolute atomic E-state index is 0.147. The van der Waals surface area contributed by atoms with Gasteiger partial charge in [0.2, 0.25) is 11.7 Å². The molecule has 0 aliphatic carbocycles. The van der Waals surface area contributed by atoms with Gasteiger partial charge in [0, 0.05) is 63.5 Å². The Morgan fingerprint density at radius 2 is 1.61 bits per heavy atom. The average molecular weight is 629 g/mol. The minimum Gasteiger partial charge on any atom is -0.444 e. The van der Waals surface area contributed by atoms with Crippen LogP contribution in [-0.4, -0.2) is 67.4 Å². The lowest BCUT2D eigenvalue weighted by Gasteiger charge is -2.31. The van der Waals surface area contributed by atoms with Crippen LogP contribution in [0.3, 0.4) is 0 Å². The van der Waals surface area contributed by atoms with Gasteiger partial charge in [-0.1, -0.05) is 0 Å². The van der Waals surface area contributed by atoms with Crippen LogP contribution in [0, 0.1) is 17.5 Å². The molecule has 0 saturated heterocycles. The van der Waals surface area contributed by atoms with E-state index in [0.29, 0.717) is 12.1 Å². The van der Waals surface area contributed by atoms with Crippen LogP contribution in [-0.2, 0) is 35.2 Å². The van der Waals surface area contributed by atoms with Crippen LogP contribution in [0.5, 0.6) is 0 Å². The number of nitrogens with one attached hydrogen (secondary N) is 1. The smallest absolute Gasteiger partial charge is 0.444 e. The number of hydrogen-bond acceptors (Lipinski definition) is 6. The number of carbonyl (C=O) groups is 3. The maximum atomic E-state index is 14.5. The van der Waals surface area contributed by atoms with E-state index in [1.807, 2.05) is 0 Å². The van der Waals surface area contributed by atoms with Crippen LogP contribution in [0.2, 0.25) is 0 Å². The van der Waals surface area contributed by atoms with Crippen molar-refractivity contribution in [1.29, 1.82) is 0 Å². The molecule has 2 aliphatic heterocycles. The highest BCUT2D eigenvalue weighted by Gasteiger charge is 2.42. The van der Waals surface area contributed by atoms with Gasteiger partial charge in [-0.05, 0) is 38.8 Å². The zero-order chi connectivity index (χ0) is 32.6. The molecule has 0 spiro atoms. The molecular weight excluding hydrogens is 598 g/mol. The van der Waals surface area contributed by atoms with Crippen molar-refractivity contribution < 1.29 is 45.5 Å². The highest BCUT2D eigenvalue weighted by atomic mass is 19.4. The second kappa shape index (κ2) is 12.2. The molecule has 2 aromatic rings. The molecular formula is C28H30F6N6O4. The summed E-state index contributed by atoms with van der Waals surface area (Å²) in [5, 5.41) is 2.43. The lowest BCUT2D eigenvalue weighted by molar-refractivity contribution is -0.148. The molecule has 0 bridgehead atoms. The summed E-state index contributed by atoms with van der Waals surface area (Å²) in [6.45, 7) is 3.78. The molecule has 4 rings (SSSR count). The number of amides is 3. The second-order valence-electron chi connectivity index (χ2n) is 11.3. The van der Waals surface area contributed by atoms with E-state index in [2.05, 4.69) is 10.3 Å². The number of rotatable bonds is 6. The summed E-state index contributed by atoms with van der Waals surface area (Å²) in [7, 11) is 1.68. The van der Waals surface area contributed by atoms with Crippen LogP contribution in [0.1, 0.15) is 54.8 Å². The van der Waals surface area contributed by atoms with Crippen molar-refractivity contribution in [1.82, 2.24) is 29.6 Å². The fourth-order valence-electron chi connectivity index (χ4n) is 4.65. The normalized spacial score (nSPS) is 15.7. The first kappa shape index (κ1) is 32.4. The van der Waals surface area contributed by atoms with E-state index in [-0.39, 0.29) is 24.3 Å². The summed E-state index contributed by atoms with van der Waals surface area (Å²) < 4.78 is 89.4. The van der Waals surface area contributed by atoms with Crippen LogP contribution < -0.4 is 5.32 Å². The van der Waals surface area contributed by atoms with Gasteiger partial charge in [0.25, 0.3) is 5.91 Å². The third-order valence-electron chi connectivity index (χ3n) is 6.67. The number of alkyl halides is 3. The maximum absolute atomic E-state index is 14.5. The van der Waals surface area contributed by atoms with E-state index < -0.39 is 84.1 Å². The van der Waals surface area contributed by atoms with Crippen molar-refractivity contribution in [2.24, 2.45) is 0 Å². The van der Waals surface area contributed by atoms with Gasteiger partial charge in [-0.3, -0.25) is 14.5 Å². The highest BCUT2D eigenvalue weighted by molar-refractivity contribution is 5.95. The lowest BCUT2D eigenvalue weighted by atomic mass is 10.0. The van der Waals surface area contributed by atoms with Gasteiger partial charge in [-0.25, -0.2) is 22.9 Å². The minimum atomic E-state index is -4.88. The molecule has 1 N–H and O–H groups in total. The topological polar surface area (TPSA) is 100 Å². The summed E-state index contributed by atoms with van der Waals surface area (Å²) in [5.74, 6) is -6.68. The van der Waals surface area contributed by atoms with E-state index in [9.17, 15) is 40.7 Å². The molecule has 16 heteroatoms. The zero-order valence-corrected chi connectivity index (χ0v) is 24.2. The van der Waals surface area contributed by atoms with E-state index >= 15 is 0 Å². The van der Waals surface area contributed by atoms with Crippen LogP contribution in [0.4, 0.5) is 31.1 Å². The molecule has 44 heavy (non-hydrogen) atoms. The molecule has 238 valence electrons. The summed E-state index contributed by atoms with van der Waals surface area (Å²) >= 11 is 0. The summed E-state index contributed by atoms with van der Waals surface area (Å²) in [6, 6.07) is -0.239. The summed E-state index contributed by atoms with van der Waals surface area (Å²) in [5.41, 5.74) is -1.91. The van der Waals surface area contributed by atoms with E-state index in [4.69, 9.17) is 4.74 Å². The molecule has 10 nitrogen and oxygen atoms in total. The van der Waals surface area contributed by atoms with Crippen molar-refractivity contribution in [3.63, 3.8) is 0 Å². The fraction of sp³-hybridized carbons (Fsp3) is 0.429. The standard InChI is InChI=1S/C28H30F6N6O4/c1-27(2,3)44-26(43)35-17(11-16-12-19(30)20(31)14-18(16)29)13-22(41)39-9-10-40-21(15-39)23(36-25(40)28(32,33)34)24(42)38-7-5-37(4)6-8-38/h5-8,12,14,17H,9-11,13,15H2,1-4H3,(H,35,43)/t17-/m1/s1. The Hall–Kier alpha value is -4.50. The number of ether oxygens (including phenoxy) is 1. The highest BCUT2D eigenvalue weighted by Crippen LogP contribution is 2.33. The van der Waals surface area contributed by atoms with E-state index in [0.717, 1.165) is 9.47 Å². The molecule has 1 aromatic carbocycles. The molecule has 3 amide bonds. The number of aromatic nitrogens is 2. The predicted molar refractivity (Wildman–Crippen MR) is 143 cm³/mol. The van der Waals surface area contributed by atoms with Gasteiger partial charge in [0.1, 0.15) is 11.4 Å². The van der Waals surface area contributed by atoms with Gasteiger partial charge in [0.05, 0.1) is 12.2 Å². The number of fused-ring (bicyclic) bond motifs is 1. The second-order valence-corrected chi connectivity index (χ2v) is 11.3. The summed E-state index contributed by atoms with van der Waals surface area (Å²) in [6.07, 6.45) is -1.09. The lowest BCUT2D eigenvalue weighted by Crippen LogP contribution is -2.45. The largest absolute Gasteiger partial charge is 0.449 e. The molecule has 0 saturated carbocycles. The monoisotopic (exact) mass is 628 g/mol. The molecule has 1 atom stereocenters. The third kappa shape index (κ3) is 7.52. The van der Waals surface area contributed by atoms with Gasteiger partial charge in [-0.2, -0.15) is 13.2 Å². The molecule has 2 aliphatic rings. The Morgan fingerprint density at radius 1 is 0.977 bits per heavy atom. The van der Waals surface area contributed by atoms with Crippen molar-refractivity contribution >= 4 is 17.9 Å². The number of carbonyl (C=O) groups excluding carboxylic acids is 3. The number of hydrogen-bond donors (Lipinski definition) is 1. The van der Waals surface area contributed by atoms with E-state index in [1.54, 1.807) is 32.7 Å². The number of alkyl carbamates (subject to hydrolysis) is 1. The molecule has 3 heterocycles. The van der Waals surface area contributed by atoms with Gasteiger partial charge < -0.3 is 24.4 Å². The van der Waals surface area contributed by atoms with Crippen molar-refractivity contribution in [3.05, 3.63) is 77.2 Å².